The van der Waals surface area contributed by atoms with Crippen LogP contribution >= 0.6 is 7.92 Å². The Balaban J connectivity index is -0.000000114. The summed E-state index contributed by atoms with van der Waals surface area (Å²) in [6.07, 6.45) is 6.60. The summed E-state index contributed by atoms with van der Waals surface area (Å²) in [5.41, 5.74) is -0.0417. The van der Waals surface area contributed by atoms with Crippen LogP contribution in [0.1, 0.15) is 20.8 Å². The van der Waals surface area contributed by atoms with Crippen molar-refractivity contribution in [1.82, 2.24) is 0 Å². The van der Waals surface area contributed by atoms with Crippen LogP contribution in [-0.2, 0) is 22.4 Å². The van der Waals surface area contributed by atoms with E-state index in [1.54, 1.807) is 0 Å². The van der Waals surface area contributed by atoms with Gasteiger partial charge in [0.15, 0.2) is 0 Å². The molecule has 0 N–H and O–H groups in total. The van der Waals surface area contributed by atoms with Crippen molar-refractivity contribution in [3.63, 3.8) is 0 Å². The zero-order valence-electron chi connectivity index (χ0n) is 8.25. The quantitative estimate of drug-likeness (QED) is 0.272. The van der Waals surface area contributed by atoms with E-state index in [9.17, 15) is 0 Å². The molecule has 0 bridgehead atoms. The molecule has 2 heteroatoms. The molecule has 0 rings (SSSR count). The van der Waals surface area contributed by atoms with Crippen LogP contribution in [0.4, 0.5) is 0 Å². The van der Waals surface area contributed by atoms with E-state index in [0.29, 0.717) is 7.92 Å². The van der Waals surface area contributed by atoms with E-state index in [-0.39, 0.29) is 27.8 Å². The predicted octanol–water partition coefficient (Wildman–Crippen LogP) is 2.98. The van der Waals surface area contributed by atoms with Crippen molar-refractivity contribution in [2.45, 2.75) is 20.8 Å². The third-order valence-electron chi connectivity index (χ3n) is 0.375. The van der Waals surface area contributed by atoms with Gasteiger partial charge in [-0.2, -0.15) is 0 Å². The van der Waals surface area contributed by atoms with E-state index in [2.05, 4.69) is 25.9 Å². The average Bonchev–Trinajstić information content (AvgIpc) is 1.63. The third kappa shape index (κ3) is 58.8. The summed E-state index contributed by atoms with van der Waals surface area (Å²) in [6, 6.07) is 0. The van der Waals surface area contributed by atoms with E-state index in [0.717, 1.165) is 0 Å². The fourth-order valence-electron chi connectivity index (χ4n) is 0. The van der Waals surface area contributed by atoms with Crippen molar-refractivity contribution in [1.29, 1.82) is 0 Å². The topological polar surface area (TPSA) is 0 Å². The second kappa shape index (κ2) is 8.82. The molecule has 0 saturated carbocycles. The molecule has 0 aromatic carbocycles. The van der Waals surface area contributed by atoms with Gasteiger partial charge in [0, 0.05) is 0 Å². The van der Waals surface area contributed by atoms with Crippen LogP contribution in [-0.4, -0.2) is 20.0 Å². The molecule has 0 amide bonds. The number of hydrogen-bond acceptors (Lipinski definition) is 0. The molecule has 0 aromatic rings. The summed E-state index contributed by atoms with van der Waals surface area (Å²) in [5.74, 6) is 2.35. The van der Waals surface area contributed by atoms with Crippen LogP contribution < -0.4 is 0 Å². The fraction of sp³-hybridized carbons (Fsp3) is 0.778. The minimum atomic E-state index is -0.0417. The minimum Gasteiger partial charge on any atom is -0.693 e. The zero-order chi connectivity index (χ0) is 8.78. The maximum Gasteiger partial charge on any atom is 1.00 e. The molecule has 0 unspecified atom stereocenters. The Labute approximate surface area is 88.8 Å². The number of rotatable bonds is 0. The summed E-state index contributed by atoms with van der Waals surface area (Å²) in [4.78, 5) is 0. The monoisotopic (exact) mass is 354 g/mol. The largest absolute Gasteiger partial charge is 1.00 e. The molecule has 0 aliphatic rings. The molecule has 0 fully saturated rings. The van der Waals surface area contributed by atoms with Crippen molar-refractivity contribution >= 4 is 7.92 Å². The molecular formula is C9H18AuP. The molecule has 0 atom stereocenters. The van der Waals surface area contributed by atoms with Crippen LogP contribution in [0.25, 0.3) is 0 Å². The Kier molecular flexibility index (Phi) is 14.2. The van der Waals surface area contributed by atoms with Gasteiger partial charge in [-0.25, -0.2) is 0 Å². The minimum absolute atomic E-state index is 0. The van der Waals surface area contributed by atoms with Crippen LogP contribution in [0.2, 0.25) is 0 Å². The SMILES string of the molecule is CP(C)C.[Au+].[C-]#CC(C)(C)C. The molecule has 11 heavy (non-hydrogen) atoms. The Bertz CT molecular complexity index is 103. The van der Waals surface area contributed by atoms with Crippen molar-refractivity contribution in [2.24, 2.45) is 5.41 Å². The molecule has 0 saturated heterocycles. The van der Waals surface area contributed by atoms with Crippen molar-refractivity contribution < 1.29 is 22.4 Å². The van der Waals surface area contributed by atoms with Crippen LogP contribution in [0.5, 0.6) is 0 Å². The normalized spacial score (nSPS) is 8.91. The van der Waals surface area contributed by atoms with Gasteiger partial charge in [-0.15, -0.1) is 7.92 Å². The fourth-order valence-corrected chi connectivity index (χ4v) is 0. The standard InChI is InChI=1S/C6H9.C3H9P.Au/c1-5-6(2,3)4;1-4(2)3;/h2-4H3;1-3H3;/q-1;;+1. The first kappa shape index (κ1) is 17.7. The van der Waals surface area contributed by atoms with Gasteiger partial charge in [0.1, 0.15) is 0 Å². The Morgan fingerprint density at radius 1 is 1.09 bits per heavy atom. The van der Waals surface area contributed by atoms with Gasteiger partial charge in [0.25, 0.3) is 0 Å². The zero-order valence-corrected chi connectivity index (χ0v) is 11.3. The second-order valence-corrected chi connectivity index (χ2v) is 6.40. The summed E-state index contributed by atoms with van der Waals surface area (Å²) in [5, 5.41) is 0. The Morgan fingerprint density at radius 3 is 1.18 bits per heavy atom. The molecule has 0 aliphatic heterocycles. The predicted molar refractivity (Wildman–Crippen MR) is 51.3 cm³/mol. The van der Waals surface area contributed by atoms with Crippen molar-refractivity contribution in [3.8, 4) is 5.92 Å². The van der Waals surface area contributed by atoms with E-state index in [1.165, 1.54) is 0 Å². The Hall–Kier alpha value is 0.730. The van der Waals surface area contributed by atoms with E-state index in [4.69, 9.17) is 6.42 Å². The molecule has 0 aromatic heterocycles. The number of hydrogen-bond donors (Lipinski definition) is 0. The van der Waals surface area contributed by atoms with Gasteiger partial charge in [-0.3, -0.25) is 0 Å². The van der Waals surface area contributed by atoms with Crippen LogP contribution in [0, 0.1) is 17.8 Å². The first-order valence-electron chi connectivity index (χ1n) is 3.34. The van der Waals surface area contributed by atoms with Crippen LogP contribution in [0.3, 0.4) is 0 Å². The molecule has 0 nitrogen and oxygen atoms in total. The molecule has 0 radical (unpaired) electrons. The first-order chi connectivity index (χ1) is 4.29. The van der Waals surface area contributed by atoms with E-state index < -0.39 is 0 Å². The van der Waals surface area contributed by atoms with E-state index >= 15 is 0 Å². The van der Waals surface area contributed by atoms with E-state index in [1.807, 2.05) is 20.8 Å². The smallest absolute Gasteiger partial charge is 0.693 e. The van der Waals surface area contributed by atoms with Crippen molar-refractivity contribution in [3.05, 3.63) is 6.42 Å². The summed E-state index contributed by atoms with van der Waals surface area (Å²) >= 11 is 0. The summed E-state index contributed by atoms with van der Waals surface area (Å²) in [7, 11) is 0.380. The molecule has 70 valence electrons. The van der Waals surface area contributed by atoms with Gasteiger partial charge < -0.3 is 12.3 Å². The third-order valence-corrected chi connectivity index (χ3v) is 0.375. The van der Waals surface area contributed by atoms with Crippen LogP contribution in [0.15, 0.2) is 0 Å². The maximum absolute atomic E-state index is 6.60. The van der Waals surface area contributed by atoms with Gasteiger partial charge >= 0.3 is 22.4 Å². The first-order valence-corrected chi connectivity index (χ1v) is 6.02. The van der Waals surface area contributed by atoms with Gasteiger partial charge in [0.05, 0.1) is 0 Å². The summed E-state index contributed by atoms with van der Waals surface area (Å²) in [6.45, 7) is 12.5. The maximum atomic E-state index is 6.60. The van der Waals surface area contributed by atoms with Gasteiger partial charge in [-0.05, 0) is 25.4 Å². The average molecular weight is 354 g/mol. The molecule has 0 heterocycles. The summed E-state index contributed by atoms with van der Waals surface area (Å²) < 4.78 is 0. The second-order valence-electron chi connectivity index (χ2n) is 3.72. The van der Waals surface area contributed by atoms with Crippen molar-refractivity contribution in [2.75, 3.05) is 20.0 Å². The molecule has 0 aliphatic carbocycles. The van der Waals surface area contributed by atoms with Gasteiger partial charge in [0.2, 0.25) is 0 Å². The van der Waals surface area contributed by atoms with Gasteiger partial charge in [-0.1, -0.05) is 20.8 Å². The Morgan fingerprint density at radius 2 is 1.18 bits per heavy atom. The molecule has 0 spiro atoms. The molecular weight excluding hydrogens is 336 g/mol.